The second-order valence-corrected chi connectivity index (χ2v) is 6.47. The average Bonchev–Trinajstić information content (AvgIpc) is 2.94. The van der Waals surface area contributed by atoms with Gasteiger partial charge in [-0.1, -0.05) is 12.1 Å². The second kappa shape index (κ2) is 6.34. The summed E-state index contributed by atoms with van der Waals surface area (Å²) in [6.07, 6.45) is 2.71. The number of methoxy groups -OCH3 is 1. The number of nitrogens with zero attached hydrogens (tertiary/aromatic N) is 2. The van der Waals surface area contributed by atoms with Crippen LogP contribution in [0.15, 0.2) is 24.3 Å². The van der Waals surface area contributed by atoms with Crippen LogP contribution in [0.3, 0.4) is 0 Å². The maximum atomic E-state index is 6.42. The minimum Gasteiger partial charge on any atom is -0.497 e. The van der Waals surface area contributed by atoms with Crippen LogP contribution in [0.1, 0.15) is 31.4 Å². The molecule has 3 rings (SSSR count). The minimum atomic E-state index is 0.0753. The molecular weight excluding hydrogens is 262 g/mol. The van der Waals surface area contributed by atoms with Gasteiger partial charge < -0.3 is 10.5 Å². The van der Waals surface area contributed by atoms with E-state index in [1.54, 1.807) is 7.11 Å². The molecular formula is C17H27N3O. The third-order valence-electron chi connectivity index (χ3n) is 5.04. The Morgan fingerprint density at radius 2 is 2.05 bits per heavy atom. The van der Waals surface area contributed by atoms with Crippen molar-refractivity contribution in [2.45, 2.75) is 37.9 Å². The van der Waals surface area contributed by atoms with Crippen LogP contribution in [0.4, 0.5) is 0 Å². The van der Waals surface area contributed by atoms with E-state index in [1.807, 2.05) is 12.1 Å². The second-order valence-electron chi connectivity index (χ2n) is 6.47. The van der Waals surface area contributed by atoms with Crippen LogP contribution in [0, 0.1) is 0 Å². The first-order valence-corrected chi connectivity index (χ1v) is 8.05. The lowest BCUT2D eigenvalue weighted by Crippen LogP contribution is -2.56. The van der Waals surface area contributed by atoms with Gasteiger partial charge in [-0.2, -0.15) is 0 Å². The number of ether oxygens (including phenoxy) is 1. The Labute approximate surface area is 127 Å². The zero-order valence-electron chi connectivity index (χ0n) is 13.2. The summed E-state index contributed by atoms with van der Waals surface area (Å²) in [5.41, 5.74) is 7.61. The zero-order chi connectivity index (χ0) is 14.8. The molecule has 2 aliphatic rings. The first kappa shape index (κ1) is 14.8. The maximum absolute atomic E-state index is 6.42. The smallest absolute Gasteiger partial charge is 0.118 e. The summed E-state index contributed by atoms with van der Waals surface area (Å²) in [6.45, 7) is 6.92. The molecule has 21 heavy (non-hydrogen) atoms. The van der Waals surface area contributed by atoms with E-state index in [4.69, 9.17) is 10.5 Å². The van der Waals surface area contributed by atoms with E-state index < -0.39 is 0 Å². The predicted molar refractivity (Wildman–Crippen MR) is 85.6 cm³/mol. The molecule has 2 heterocycles. The lowest BCUT2D eigenvalue weighted by molar-refractivity contribution is 0.0553. The van der Waals surface area contributed by atoms with E-state index in [0.717, 1.165) is 18.3 Å². The van der Waals surface area contributed by atoms with Crippen molar-refractivity contribution >= 4 is 0 Å². The Bertz CT molecular complexity index is 462. The van der Waals surface area contributed by atoms with Crippen molar-refractivity contribution in [2.75, 3.05) is 33.3 Å². The van der Waals surface area contributed by atoms with Gasteiger partial charge in [0.15, 0.2) is 0 Å². The van der Waals surface area contributed by atoms with Crippen LogP contribution in [-0.4, -0.2) is 55.2 Å². The number of benzene rings is 1. The molecule has 2 N–H and O–H groups in total. The molecule has 0 aliphatic carbocycles. The van der Waals surface area contributed by atoms with E-state index in [9.17, 15) is 0 Å². The third-order valence-corrected chi connectivity index (χ3v) is 5.04. The average molecular weight is 289 g/mol. The number of rotatable bonds is 4. The van der Waals surface area contributed by atoms with Crippen LogP contribution < -0.4 is 10.5 Å². The monoisotopic (exact) mass is 289 g/mol. The van der Waals surface area contributed by atoms with Crippen molar-refractivity contribution in [2.24, 2.45) is 5.73 Å². The first-order chi connectivity index (χ1) is 10.2. The van der Waals surface area contributed by atoms with Crippen LogP contribution >= 0.6 is 0 Å². The zero-order valence-corrected chi connectivity index (χ0v) is 13.2. The number of fused-ring (bicyclic) bond motifs is 1. The molecule has 0 aromatic heterocycles. The van der Waals surface area contributed by atoms with Crippen molar-refractivity contribution in [1.82, 2.24) is 9.80 Å². The van der Waals surface area contributed by atoms with E-state index in [0.29, 0.717) is 6.04 Å². The Hall–Kier alpha value is -1.10. The molecule has 0 amide bonds. The molecule has 2 aliphatic heterocycles. The molecule has 0 radical (unpaired) electrons. The third kappa shape index (κ3) is 3.23. The maximum Gasteiger partial charge on any atom is 0.118 e. The van der Waals surface area contributed by atoms with Gasteiger partial charge in [0.25, 0.3) is 0 Å². The summed E-state index contributed by atoms with van der Waals surface area (Å²) in [6, 6.07) is 9.58. The fraction of sp³-hybridized carbons (Fsp3) is 0.647. The number of hydrogen-bond donors (Lipinski definition) is 1. The van der Waals surface area contributed by atoms with E-state index in [2.05, 4.69) is 28.9 Å². The van der Waals surface area contributed by atoms with Gasteiger partial charge in [0, 0.05) is 37.8 Å². The molecule has 0 bridgehead atoms. The van der Waals surface area contributed by atoms with Gasteiger partial charge in [0.1, 0.15) is 5.75 Å². The predicted octanol–water partition coefficient (Wildman–Crippen LogP) is 1.86. The van der Waals surface area contributed by atoms with Gasteiger partial charge in [0.2, 0.25) is 0 Å². The number of nitrogens with two attached hydrogens (primary N) is 1. The summed E-state index contributed by atoms with van der Waals surface area (Å²) in [4.78, 5) is 5.22. The highest BCUT2D eigenvalue weighted by Gasteiger charge is 2.34. The highest BCUT2D eigenvalue weighted by molar-refractivity contribution is 5.29. The Kier molecular flexibility index (Phi) is 4.48. The van der Waals surface area contributed by atoms with Crippen molar-refractivity contribution in [1.29, 1.82) is 0 Å². The topological polar surface area (TPSA) is 41.7 Å². The van der Waals surface area contributed by atoms with Gasteiger partial charge in [0.05, 0.1) is 7.11 Å². The van der Waals surface area contributed by atoms with E-state index in [-0.39, 0.29) is 6.04 Å². The first-order valence-electron chi connectivity index (χ1n) is 8.05. The summed E-state index contributed by atoms with van der Waals surface area (Å²) in [7, 11) is 1.69. The van der Waals surface area contributed by atoms with Crippen LogP contribution in [-0.2, 0) is 0 Å². The number of hydrogen-bond acceptors (Lipinski definition) is 4. The minimum absolute atomic E-state index is 0.0753. The van der Waals surface area contributed by atoms with Crippen molar-refractivity contribution in [3.8, 4) is 5.75 Å². The molecule has 2 saturated heterocycles. The fourth-order valence-electron chi connectivity index (χ4n) is 3.71. The Balaban J connectivity index is 1.61. The van der Waals surface area contributed by atoms with Gasteiger partial charge in [-0.05, 0) is 44.0 Å². The van der Waals surface area contributed by atoms with Crippen molar-refractivity contribution in [3.05, 3.63) is 29.8 Å². The van der Waals surface area contributed by atoms with Crippen molar-refractivity contribution < 1.29 is 4.74 Å². The number of piperazine rings is 1. The van der Waals surface area contributed by atoms with Crippen molar-refractivity contribution in [3.63, 3.8) is 0 Å². The summed E-state index contributed by atoms with van der Waals surface area (Å²) in [5.74, 6) is 0.888. The summed E-state index contributed by atoms with van der Waals surface area (Å²) in [5, 5.41) is 0. The van der Waals surface area contributed by atoms with Crippen LogP contribution in [0.25, 0.3) is 0 Å². The molecule has 3 atom stereocenters. The highest BCUT2D eigenvalue weighted by atomic mass is 16.5. The quantitative estimate of drug-likeness (QED) is 0.919. The van der Waals surface area contributed by atoms with Gasteiger partial charge in [-0.25, -0.2) is 0 Å². The molecule has 116 valence electrons. The van der Waals surface area contributed by atoms with Gasteiger partial charge >= 0.3 is 0 Å². The molecule has 4 nitrogen and oxygen atoms in total. The van der Waals surface area contributed by atoms with Gasteiger partial charge in [-0.3, -0.25) is 9.80 Å². The Morgan fingerprint density at radius 3 is 2.76 bits per heavy atom. The molecule has 0 spiro atoms. The molecule has 2 fully saturated rings. The van der Waals surface area contributed by atoms with Gasteiger partial charge in [-0.15, -0.1) is 0 Å². The van der Waals surface area contributed by atoms with E-state index in [1.165, 1.54) is 38.0 Å². The summed E-state index contributed by atoms with van der Waals surface area (Å²) >= 11 is 0. The SMILES string of the molecule is COc1ccc(C(N)CN2CC3CCCN3CC2C)cc1. The molecule has 0 saturated carbocycles. The lowest BCUT2D eigenvalue weighted by atomic mass is 10.0. The molecule has 3 unspecified atom stereocenters. The molecule has 4 heteroatoms. The molecule has 1 aromatic rings. The normalized spacial score (nSPS) is 28.3. The highest BCUT2D eigenvalue weighted by Crippen LogP contribution is 2.26. The Morgan fingerprint density at radius 1 is 1.29 bits per heavy atom. The lowest BCUT2D eigenvalue weighted by Gasteiger charge is -2.43. The standard InChI is InChI=1S/C17H27N3O/c1-13-10-19-9-3-4-15(19)11-20(13)12-17(18)14-5-7-16(21-2)8-6-14/h5-8,13,15,17H,3-4,9-12,18H2,1-2H3. The van der Waals surface area contributed by atoms with Crippen LogP contribution in [0.2, 0.25) is 0 Å². The fourth-order valence-corrected chi connectivity index (χ4v) is 3.71. The molecule has 1 aromatic carbocycles. The van der Waals surface area contributed by atoms with E-state index >= 15 is 0 Å². The summed E-state index contributed by atoms with van der Waals surface area (Å²) < 4.78 is 5.21. The largest absolute Gasteiger partial charge is 0.497 e. The van der Waals surface area contributed by atoms with Crippen LogP contribution in [0.5, 0.6) is 5.75 Å².